The molecule has 0 radical (unpaired) electrons. The maximum absolute atomic E-state index is 12.7. The maximum atomic E-state index is 12.7. The molecule has 0 spiro atoms. The lowest BCUT2D eigenvalue weighted by atomic mass is 9.90. The summed E-state index contributed by atoms with van der Waals surface area (Å²) >= 11 is 0. The second-order valence-electron chi connectivity index (χ2n) is 6.86. The normalized spacial score (nSPS) is 32.0. The SMILES string of the molecule is CCCCNC(=O)C1CCC(C)N(C(=O)C2CCCC2O)C1. The molecule has 1 saturated heterocycles. The second-order valence-corrected chi connectivity index (χ2v) is 6.86. The number of amides is 2. The molecule has 1 heterocycles. The van der Waals surface area contributed by atoms with Gasteiger partial charge in [-0.3, -0.25) is 9.59 Å². The van der Waals surface area contributed by atoms with Crippen molar-refractivity contribution in [3.63, 3.8) is 0 Å². The van der Waals surface area contributed by atoms with Crippen molar-refractivity contribution < 1.29 is 14.7 Å². The molecule has 0 bridgehead atoms. The van der Waals surface area contributed by atoms with Gasteiger partial charge in [0.2, 0.25) is 11.8 Å². The summed E-state index contributed by atoms with van der Waals surface area (Å²) < 4.78 is 0. The minimum Gasteiger partial charge on any atom is -0.392 e. The van der Waals surface area contributed by atoms with Crippen molar-refractivity contribution in [1.82, 2.24) is 10.2 Å². The average Bonchev–Trinajstić information content (AvgIpc) is 2.93. The number of rotatable bonds is 5. The Morgan fingerprint density at radius 1 is 1.23 bits per heavy atom. The number of nitrogens with zero attached hydrogens (tertiary/aromatic N) is 1. The van der Waals surface area contributed by atoms with Gasteiger partial charge in [-0.2, -0.15) is 0 Å². The first-order chi connectivity index (χ1) is 10.5. The molecular formula is C17H30N2O3. The molecule has 4 atom stereocenters. The molecule has 5 heteroatoms. The van der Waals surface area contributed by atoms with Crippen LogP contribution in [0.15, 0.2) is 0 Å². The van der Waals surface area contributed by atoms with Gasteiger partial charge in [0.1, 0.15) is 0 Å². The minimum atomic E-state index is -0.501. The summed E-state index contributed by atoms with van der Waals surface area (Å²) in [7, 11) is 0. The predicted molar refractivity (Wildman–Crippen MR) is 85.2 cm³/mol. The number of nitrogens with one attached hydrogen (secondary N) is 1. The van der Waals surface area contributed by atoms with E-state index in [0.717, 1.165) is 51.5 Å². The summed E-state index contributed by atoms with van der Waals surface area (Å²) in [6.45, 7) is 5.37. The minimum absolute atomic E-state index is 0.0450. The molecular weight excluding hydrogens is 280 g/mol. The van der Waals surface area contributed by atoms with E-state index in [4.69, 9.17) is 0 Å². The zero-order valence-electron chi connectivity index (χ0n) is 13.9. The molecule has 1 aliphatic heterocycles. The number of hydrogen-bond donors (Lipinski definition) is 2. The molecule has 0 aromatic rings. The lowest BCUT2D eigenvalue weighted by Gasteiger charge is -2.39. The van der Waals surface area contributed by atoms with Crippen molar-refractivity contribution in [3.05, 3.63) is 0 Å². The summed E-state index contributed by atoms with van der Waals surface area (Å²) in [4.78, 5) is 26.8. The molecule has 5 nitrogen and oxygen atoms in total. The van der Waals surface area contributed by atoms with Gasteiger partial charge in [-0.1, -0.05) is 13.3 Å². The highest BCUT2D eigenvalue weighted by Crippen LogP contribution is 2.31. The summed E-state index contributed by atoms with van der Waals surface area (Å²) in [6.07, 6.45) is 5.67. The topological polar surface area (TPSA) is 69.6 Å². The number of piperidine rings is 1. The van der Waals surface area contributed by atoms with Crippen LogP contribution in [-0.2, 0) is 9.59 Å². The fourth-order valence-electron chi connectivity index (χ4n) is 3.60. The largest absolute Gasteiger partial charge is 0.392 e. The van der Waals surface area contributed by atoms with Crippen LogP contribution in [0.1, 0.15) is 58.8 Å². The van der Waals surface area contributed by atoms with Gasteiger partial charge in [-0.25, -0.2) is 0 Å². The van der Waals surface area contributed by atoms with E-state index in [1.54, 1.807) is 0 Å². The van der Waals surface area contributed by atoms with E-state index in [2.05, 4.69) is 12.2 Å². The molecule has 1 aliphatic carbocycles. The van der Waals surface area contributed by atoms with Crippen molar-refractivity contribution in [2.24, 2.45) is 11.8 Å². The van der Waals surface area contributed by atoms with Crippen LogP contribution in [0.25, 0.3) is 0 Å². The summed E-state index contributed by atoms with van der Waals surface area (Å²) in [5, 5.41) is 12.9. The van der Waals surface area contributed by atoms with Gasteiger partial charge in [0, 0.05) is 19.1 Å². The van der Waals surface area contributed by atoms with Crippen LogP contribution in [0, 0.1) is 11.8 Å². The smallest absolute Gasteiger partial charge is 0.228 e. The molecule has 2 N–H and O–H groups in total. The monoisotopic (exact) mass is 310 g/mol. The van der Waals surface area contributed by atoms with Gasteiger partial charge in [0.15, 0.2) is 0 Å². The Bertz CT molecular complexity index is 399. The van der Waals surface area contributed by atoms with Crippen molar-refractivity contribution >= 4 is 11.8 Å². The van der Waals surface area contributed by atoms with Crippen LogP contribution in [0.2, 0.25) is 0 Å². The zero-order chi connectivity index (χ0) is 16.1. The predicted octanol–water partition coefficient (Wildman–Crippen LogP) is 1.69. The van der Waals surface area contributed by atoms with Crippen LogP contribution >= 0.6 is 0 Å². The highest BCUT2D eigenvalue weighted by atomic mass is 16.3. The molecule has 2 fully saturated rings. The van der Waals surface area contributed by atoms with E-state index < -0.39 is 6.10 Å². The maximum Gasteiger partial charge on any atom is 0.228 e. The average molecular weight is 310 g/mol. The van der Waals surface area contributed by atoms with E-state index in [1.165, 1.54) is 0 Å². The molecule has 2 rings (SSSR count). The molecule has 4 unspecified atom stereocenters. The first-order valence-electron chi connectivity index (χ1n) is 8.80. The third kappa shape index (κ3) is 4.00. The van der Waals surface area contributed by atoms with Crippen LogP contribution in [0.3, 0.4) is 0 Å². The van der Waals surface area contributed by atoms with Gasteiger partial charge in [0.05, 0.1) is 17.9 Å². The summed E-state index contributed by atoms with van der Waals surface area (Å²) in [5.41, 5.74) is 0. The molecule has 2 aliphatic rings. The third-order valence-corrected chi connectivity index (χ3v) is 5.16. The van der Waals surface area contributed by atoms with Gasteiger partial charge in [-0.15, -0.1) is 0 Å². The Hall–Kier alpha value is -1.10. The van der Waals surface area contributed by atoms with Crippen LogP contribution < -0.4 is 5.32 Å². The molecule has 1 saturated carbocycles. The third-order valence-electron chi connectivity index (χ3n) is 5.16. The van der Waals surface area contributed by atoms with Crippen LogP contribution in [0.4, 0.5) is 0 Å². The summed E-state index contributed by atoms with van der Waals surface area (Å²) in [5.74, 6) is -0.242. The summed E-state index contributed by atoms with van der Waals surface area (Å²) in [6, 6.07) is 0.167. The lowest BCUT2D eigenvalue weighted by Crippen LogP contribution is -2.52. The molecule has 0 aromatic heterocycles. The number of carbonyl (C=O) groups is 2. The van der Waals surface area contributed by atoms with Gasteiger partial charge < -0.3 is 15.3 Å². The van der Waals surface area contributed by atoms with Crippen LogP contribution in [0.5, 0.6) is 0 Å². The molecule has 22 heavy (non-hydrogen) atoms. The van der Waals surface area contributed by atoms with Crippen molar-refractivity contribution in [1.29, 1.82) is 0 Å². The first kappa shape index (κ1) is 17.3. The fraction of sp³-hybridized carbons (Fsp3) is 0.882. The van der Waals surface area contributed by atoms with Gasteiger partial charge >= 0.3 is 0 Å². The zero-order valence-corrected chi connectivity index (χ0v) is 13.9. The van der Waals surface area contributed by atoms with Crippen molar-refractivity contribution in [2.45, 2.75) is 70.9 Å². The molecule has 0 aromatic carbocycles. The van der Waals surface area contributed by atoms with Gasteiger partial charge in [-0.05, 0) is 45.4 Å². The number of hydrogen-bond acceptors (Lipinski definition) is 3. The lowest BCUT2D eigenvalue weighted by molar-refractivity contribution is -0.144. The highest BCUT2D eigenvalue weighted by Gasteiger charge is 2.39. The fourth-order valence-corrected chi connectivity index (χ4v) is 3.60. The van der Waals surface area contributed by atoms with E-state index in [0.29, 0.717) is 6.54 Å². The molecule has 126 valence electrons. The molecule has 2 amide bonds. The highest BCUT2D eigenvalue weighted by molar-refractivity contribution is 5.83. The second kappa shape index (κ2) is 7.95. The number of likely N-dealkylation sites (tertiary alicyclic amines) is 1. The van der Waals surface area contributed by atoms with E-state index in [-0.39, 0.29) is 29.7 Å². The quantitative estimate of drug-likeness (QED) is 0.759. The number of carbonyl (C=O) groups excluding carboxylic acids is 2. The van der Waals surface area contributed by atoms with Crippen molar-refractivity contribution in [3.8, 4) is 0 Å². The number of aliphatic hydroxyl groups excluding tert-OH is 1. The van der Waals surface area contributed by atoms with Crippen LogP contribution in [-0.4, -0.2) is 47.1 Å². The van der Waals surface area contributed by atoms with E-state index in [1.807, 2.05) is 11.8 Å². The van der Waals surface area contributed by atoms with E-state index >= 15 is 0 Å². The Balaban J connectivity index is 1.93. The Morgan fingerprint density at radius 3 is 2.64 bits per heavy atom. The number of unbranched alkanes of at least 4 members (excludes halogenated alkanes) is 1. The van der Waals surface area contributed by atoms with Crippen molar-refractivity contribution in [2.75, 3.05) is 13.1 Å². The number of aliphatic hydroxyl groups is 1. The first-order valence-corrected chi connectivity index (χ1v) is 8.80. The van der Waals surface area contributed by atoms with E-state index in [9.17, 15) is 14.7 Å². The van der Waals surface area contributed by atoms with Gasteiger partial charge in [0.25, 0.3) is 0 Å². The standard InChI is InChI=1S/C17H30N2O3/c1-3-4-10-18-16(21)13-9-8-12(2)19(11-13)17(22)14-6-5-7-15(14)20/h12-15,20H,3-11H2,1-2H3,(H,18,21). The Morgan fingerprint density at radius 2 is 2.00 bits per heavy atom. The Kier molecular flexibility index (Phi) is 6.24. The Labute approximate surface area is 133 Å².